The van der Waals surface area contributed by atoms with Crippen molar-refractivity contribution in [2.75, 3.05) is 23.3 Å². The van der Waals surface area contributed by atoms with Crippen LogP contribution in [0.15, 0.2) is 55.0 Å². The van der Waals surface area contributed by atoms with Gasteiger partial charge in [-0.2, -0.15) is 0 Å². The molecule has 2 aliphatic rings. The molecule has 3 N–H and O–H groups in total. The van der Waals surface area contributed by atoms with Crippen molar-refractivity contribution in [1.82, 2.24) is 19.7 Å². The van der Waals surface area contributed by atoms with Crippen LogP contribution in [0.2, 0.25) is 0 Å². The van der Waals surface area contributed by atoms with Crippen LogP contribution >= 0.6 is 0 Å². The fraction of sp³-hybridized carbons (Fsp3) is 0.240. The average Bonchev–Trinajstić information content (AvgIpc) is 3.45. The second-order valence-corrected chi connectivity index (χ2v) is 8.76. The van der Waals surface area contributed by atoms with Gasteiger partial charge in [-0.25, -0.2) is 18.7 Å². The molecule has 2 atom stereocenters. The molecule has 1 amide bonds. The van der Waals surface area contributed by atoms with Crippen molar-refractivity contribution in [2.45, 2.75) is 25.2 Å². The molecule has 0 unspecified atom stereocenters. The molecule has 0 spiro atoms. The molecule has 1 fully saturated rings. The summed E-state index contributed by atoms with van der Waals surface area (Å²) in [6.07, 6.45) is 3.03. The van der Waals surface area contributed by atoms with Gasteiger partial charge in [-0.1, -0.05) is 6.07 Å². The van der Waals surface area contributed by atoms with Crippen LogP contribution < -0.4 is 15.5 Å². The number of piperidine rings is 1. The molecule has 0 bridgehead atoms. The maximum absolute atomic E-state index is 13.6. The van der Waals surface area contributed by atoms with Gasteiger partial charge in [0.1, 0.15) is 29.6 Å². The molecule has 5 heterocycles. The summed E-state index contributed by atoms with van der Waals surface area (Å²) in [4.78, 5) is 23.4. The maximum Gasteiger partial charge on any atom is 0.254 e. The van der Waals surface area contributed by atoms with E-state index in [-0.39, 0.29) is 24.7 Å². The number of imidazole rings is 1. The van der Waals surface area contributed by atoms with Crippen molar-refractivity contribution in [1.29, 1.82) is 0 Å². The van der Waals surface area contributed by atoms with Crippen molar-refractivity contribution < 1.29 is 18.7 Å². The Labute approximate surface area is 199 Å². The van der Waals surface area contributed by atoms with Crippen molar-refractivity contribution in [3.05, 3.63) is 71.9 Å². The van der Waals surface area contributed by atoms with Crippen LogP contribution in [0.1, 0.15) is 22.3 Å². The first-order valence-corrected chi connectivity index (χ1v) is 11.3. The number of aliphatic hydroxyl groups excluding tert-OH is 1. The third-order valence-corrected chi connectivity index (χ3v) is 6.59. The van der Waals surface area contributed by atoms with Crippen molar-refractivity contribution in [2.24, 2.45) is 0 Å². The van der Waals surface area contributed by atoms with E-state index >= 15 is 0 Å². The molecular weight excluding hydrogens is 454 g/mol. The number of nitrogens with zero attached hydrogens (tertiary/aromatic N) is 4. The quantitative estimate of drug-likeness (QED) is 0.418. The van der Waals surface area contributed by atoms with E-state index in [1.807, 2.05) is 23.1 Å². The summed E-state index contributed by atoms with van der Waals surface area (Å²) >= 11 is 0. The molecule has 2 aliphatic heterocycles. The highest BCUT2D eigenvalue weighted by molar-refractivity contribution is 6.06. The number of aliphatic hydroxyl groups is 1. The lowest BCUT2D eigenvalue weighted by molar-refractivity contribution is 0.0645. The number of fused-ring (bicyclic) bond motifs is 2. The number of alkyl halides is 1. The topological polar surface area (TPSA) is 94.8 Å². The fourth-order valence-corrected chi connectivity index (χ4v) is 4.77. The average molecular weight is 476 g/mol. The minimum absolute atomic E-state index is 0.191. The summed E-state index contributed by atoms with van der Waals surface area (Å²) in [6.45, 7) is 1.10. The molecule has 0 aliphatic carbocycles. The van der Waals surface area contributed by atoms with Gasteiger partial charge in [-0.05, 0) is 36.2 Å². The lowest BCUT2D eigenvalue weighted by atomic mass is 9.99. The van der Waals surface area contributed by atoms with E-state index in [0.717, 1.165) is 22.5 Å². The second-order valence-electron chi connectivity index (χ2n) is 8.76. The van der Waals surface area contributed by atoms with Gasteiger partial charge >= 0.3 is 0 Å². The molecule has 1 saturated heterocycles. The number of aromatic nitrogens is 3. The lowest BCUT2D eigenvalue weighted by Gasteiger charge is -2.33. The van der Waals surface area contributed by atoms with Gasteiger partial charge in [0.05, 0.1) is 35.0 Å². The van der Waals surface area contributed by atoms with E-state index in [1.165, 1.54) is 12.1 Å². The summed E-state index contributed by atoms with van der Waals surface area (Å²) < 4.78 is 29.0. The summed E-state index contributed by atoms with van der Waals surface area (Å²) in [5.74, 6) is -0.00335. The van der Waals surface area contributed by atoms with E-state index in [9.17, 15) is 18.7 Å². The molecule has 10 heteroatoms. The van der Waals surface area contributed by atoms with E-state index in [4.69, 9.17) is 0 Å². The lowest BCUT2D eigenvalue weighted by Crippen LogP contribution is -2.45. The first-order valence-electron chi connectivity index (χ1n) is 11.3. The number of amides is 1. The van der Waals surface area contributed by atoms with Crippen LogP contribution in [0.3, 0.4) is 0 Å². The Balaban J connectivity index is 1.30. The van der Waals surface area contributed by atoms with E-state index < -0.39 is 12.3 Å². The summed E-state index contributed by atoms with van der Waals surface area (Å²) in [5, 5.41) is 15.9. The Kier molecular flexibility index (Phi) is 5.10. The zero-order valence-corrected chi connectivity index (χ0v) is 18.6. The standard InChI is InChI=1S/C25H22F2N6O2/c26-14-5-8-33-20(12-29-23(33)9-14)16-2-3-19(24-17(16)11-30-25(24)35)31-22-4-1-15(10-28-22)32-7-6-18(27)21(34)13-32/h1-5,8-10,12,18,21,34H,6-7,11,13H2,(H,28,31)(H,30,35)/t18-,21-/m0/s1. The van der Waals surface area contributed by atoms with Gasteiger partial charge < -0.3 is 20.6 Å². The first-order chi connectivity index (χ1) is 17.0. The second kappa shape index (κ2) is 8.31. The minimum atomic E-state index is -1.20. The number of halogens is 2. The number of hydrogen-bond donors (Lipinski definition) is 3. The van der Waals surface area contributed by atoms with Crippen LogP contribution in [0.4, 0.5) is 26.0 Å². The number of hydrogen-bond acceptors (Lipinski definition) is 6. The number of β-amino-alcohol motifs (C(OH)–C–C–N with tert-alkyl or cyclic N) is 1. The number of anilines is 3. The van der Waals surface area contributed by atoms with Gasteiger partial charge in [0.25, 0.3) is 5.91 Å². The zero-order valence-electron chi connectivity index (χ0n) is 18.6. The van der Waals surface area contributed by atoms with Gasteiger partial charge in [0.15, 0.2) is 0 Å². The first kappa shape index (κ1) is 21.5. The third-order valence-electron chi connectivity index (χ3n) is 6.59. The minimum Gasteiger partial charge on any atom is -0.388 e. The van der Waals surface area contributed by atoms with Crippen molar-refractivity contribution in [3.8, 4) is 11.3 Å². The SMILES string of the molecule is O=C1NCc2c(-c3cnc4cc(F)ccn34)ccc(Nc3ccc(N4CC[C@H](F)[C@@H](O)C4)cn3)c21. The van der Waals surface area contributed by atoms with E-state index in [0.29, 0.717) is 35.8 Å². The normalized spacial score (nSPS) is 19.6. The molecule has 3 aromatic heterocycles. The highest BCUT2D eigenvalue weighted by Gasteiger charge is 2.29. The van der Waals surface area contributed by atoms with Gasteiger partial charge in [-0.3, -0.25) is 9.20 Å². The molecule has 0 radical (unpaired) electrons. The van der Waals surface area contributed by atoms with E-state index in [2.05, 4.69) is 20.6 Å². The Morgan fingerprint density at radius 3 is 2.83 bits per heavy atom. The number of pyridine rings is 2. The van der Waals surface area contributed by atoms with Gasteiger partial charge in [0, 0.05) is 37.5 Å². The Bertz CT molecular complexity index is 1440. The Morgan fingerprint density at radius 2 is 2.03 bits per heavy atom. The van der Waals surface area contributed by atoms with Gasteiger partial charge in [-0.15, -0.1) is 0 Å². The molecule has 1 aromatic carbocycles. The number of carbonyl (C=O) groups excluding carboxylic acids is 1. The van der Waals surface area contributed by atoms with Crippen LogP contribution in [-0.4, -0.2) is 50.7 Å². The number of carbonyl (C=O) groups is 1. The van der Waals surface area contributed by atoms with Crippen LogP contribution in [0.5, 0.6) is 0 Å². The highest BCUT2D eigenvalue weighted by atomic mass is 19.1. The third kappa shape index (κ3) is 3.75. The molecule has 8 nitrogen and oxygen atoms in total. The van der Waals surface area contributed by atoms with Crippen LogP contribution in [0, 0.1) is 5.82 Å². The maximum atomic E-state index is 13.6. The number of benzene rings is 1. The molecule has 4 aromatic rings. The molecule has 0 saturated carbocycles. The van der Waals surface area contributed by atoms with E-state index in [1.54, 1.807) is 29.1 Å². The molecule has 178 valence electrons. The predicted octanol–water partition coefficient (Wildman–Crippen LogP) is 3.43. The number of nitrogens with one attached hydrogen (secondary N) is 2. The summed E-state index contributed by atoms with van der Waals surface area (Å²) in [7, 11) is 0. The van der Waals surface area contributed by atoms with Crippen LogP contribution in [-0.2, 0) is 6.54 Å². The monoisotopic (exact) mass is 476 g/mol. The smallest absolute Gasteiger partial charge is 0.254 e. The molecule has 35 heavy (non-hydrogen) atoms. The van der Waals surface area contributed by atoms with Crippen molar-refractivity contribution in [3.63, 3.8) is 0 Å². The van der Waals surface area contributed by atoms with Crippen molar-refractivity contribution >= 4 is 28.7 Å². The van der Waals surface area contributed by atoms with Gasteiger partial charge in [0.2, 0.25) is 0 Å². The molecular formula is C25H22F2N6O2. The zero-order chi connectivity index (χ0) is 24.1. The number of rotatable bonds is 4. The summed E-state index contributed by atoms with van der Waals surface area (Å²) in [5.41, 5.74) is 4.85. The highest BCUT2D eigenvalue weighted by Crippen LogP contribution is 2.35. The summed E-state index contributed by atoms with van der Waals surface area (Å²) in [6, 6.07) is 10.1. The predicted molar refractivity (Wildman–Crippen MR) is 127 cm³/mol. The fourth-order valence-electron chi connectivity index (χ4n) is 4.77. The largest absolute Gasteiger partial charge is 0.388 e. The Morgan fingerprint density at radius 1 is 1.14 bits per heavy atom. The molecule has 6 rings (SSSR count). The Hall–Kier alpha value is -4.05. The van der Waals surface area contributed by atoms with Crippen LogP contribution in [0.25, 0.3) is 16.9 Å².